The first kappa shape index (κ1) is 15.5. The lowest BCUT2D eigenvalue weighted by atomic mass is 10.3. The van der Waals surface area contributed by atoms with Gasteiger partial charge in [-0.05, 0) is 28.7 Å². The summed E-state index contributed by atoms with van der Waals surface area (Å²) in [5, 5.41) is 16.4. The second-order valence-electron chi connectivity index (χ2n) is 3.97. The van der Waals surface area contributed by atoms with Gasteiger partial charge >= 0.3 is 6.03 Å². The molecule has 1 rings (SSSR count). The van der Waals surface area contributed by atoms with Gasteiger partial charge in [-0.15, -0.1) is 0 Å². The summed E-state index contributed by atoms with van der Waals surface area (Å²) >= 11 is 2.03. The van der Waals surface area contributed by atoms with Gasteiger partial charge in [0.1, 0.15) is 0 Å². The van der Waals surface area contributed by atoms with Crippen molar-refractivity contribution in [1.82, 2.24) is 10.2 Å². The highest BCUT2D eigenvalue weighted by molar-refractivity contribution is 14.1. The molecule has 0 spiro atoms. The maximum Gasteiger partial charge on any atom is 0.316 e. The molecule has 7 nitrogen and oxygen atoms in total. The van der Waals surface area contributed by atoms with E-state index in [1.165, 1.54) is 17.0 Å². The van der Waals surface area contributed by atoms with Crippen LogP contribution in [0.2, 0.25) is 0 Å². The molecular weight excluding hydrogens is 363 g/mol. The minimum absolute atomic E-state index is 0.0656. The number of anilines is 1. The number of hydrogen-bond donors (Lipinski definition) is 2. The number of hydrogen-bond acceptors (Lipinski definition) is 4. The molecule has 0 aromatic heterocycles. The van der Waals surface area contributed by atoms with Gasteiger partial charge in [-0.25, -0.2) is 4.79 Å². The van der Waals surface area contributed by atoms with Gasteiger partial charge in [0.25, 0.3) is 5.69 Å². The van der Waals surface area contributed by atoms with Crippen molar-refractivity contribution in [3.05, 3.63) is 31.9 Å². The van der Waals surface area contributed by atoms with E-state index in [9.17, 15) is 14.9 Å². The van der Waals surface area contributed by atoms with Crippen molar-refractivity contribution in [2.24, 2.45) is 0 Å². The summed E-state index contributed by atoms with van der Waals surface area (Å²) < 4.78 is 0.769. The van der Waals surface area contributed by atoms with Gasteiger partial charge in [-0.2, -0.15) is 0 Å². The molecule has 0 heterocycles. The van der Waals surface area contributed by atoms with Gasteiger partial charge in [0, 0.05) is 48.6 Å². The van der Waals surface area contributed by atoms with Crippen molar-refractivity contribution in [3.8, 4) is 0 Å². The Morgan fingerprint density at radius 1 is 1.42 bits per heavy atom. The second kappa shape index (κ2) is 7.12. The van der Waals surface area contributed by atoms with Gasteiger partial charge in [-0.1, -0.05) is 0 Å². The third-order valence-corrected chi connectivity index (χ3v) is 3.18. The molecule has 1 aromatic carbocycles. The smallest absolute Gasteiger partial charge is 0.316 e. The van der Waals surface area contributed by atoms with Crippen LogP contribution in [-0.4, -0.2) is 43.0 Å². The molecule has 0 saturated carbocycles. The monoisotopic (exact) mass is 378 g/mol. The fraction of sp³-hybridized carbons (Fsp3) is 0.364. The van der Waals surface area contributed by atoms with Crippen LogP contribution in [0.3, 0.4) is 0 Å². The molecule has 0 unspecified atom stereocenters. The van der Waals surface area contributed by atoms with Gasteiger partial charge in [0.05, 0.1) is 4.92 Å². The number of benzene rings is 1. The molecule has 8 heteroatoms. The Hall–Kier alpha value is -1.58. The van der Waals surface area contributed by atoms with Crippen molar-refractivity contribution in [2.75, 3.05) is 32.5 Å². The molecule has 0 aliphatic heterocycles. The molecular formula is C11H15IN4O3. The van der Waals surface area contributed by atoms with E-state index in [1.807, 2.05) is 22.6 Å². The zero-order valence-electron chi connectivity index (χ0n) is 10.6. The number of carbonyl (C=O) groups excluding carboxylic acids is 1. The van der Waals surface area contributed by atoms with Crippen LogP contribution in [0.5, 0.6) is 0 Å². The number of halogens is 1. The first-order chi connectivity index (χ1) is 8.91. The minimum Gasteiger partial charge on any atom is -0.382 e. The van der Waals surface area contributed by atoms with Crippen LogP contribution in [0, 0.1) is 13.7 Å². The van der Waals surface area contributed by atoms with E-state index in [2.05, 4.69) is 10.6 Å². The van der Waals surface area contributed by atoms with Crippen LogP contribution >= 0.6 is 22.6 Å². The molecule has 0 saturated heterocycles. The van der Waals surface area contributed by atoms with E-state index in [0.717, 1.165) is 9.26 Å². The topological polar surface area (TPSA) is 87.5 Å². The van der Waals surface area contributed by atoms with E-state index < -0.39 is 4.92 Å². The molecule has 104 valence electrons. The summed E-state index contributed by atoms with van der Waals surface area (Å²) in [7, 11) is 3.34. The predicted molar refractivity (Wildman–Crippen MR) is 81.4 cm³/mol. The number of carbonyl (C=O) groups is 1. The highest BCUT2D eigenvalue weighted by Crippen LogP contribution is 2.23. The summed E-state index contributed by atoms with van der Waals surface area (Å²) in [6.45, 7) is 1.03. The molecule has 0 atom stereocenters. The van der Waals surface area contributed by atoms with Crippen LogP contribution in [0.25, 0.3) is 0 Å². The standard InChI is InChI=1S/C11H15IN4O3/c1-15(2)11(17)14-6-5-13-10-4-3-8(16(18)19)7-9(10)12/h3-4,7,13H,5-6H2,1-2H3,(H,14,17). The molecule has 0 aliphatic carbocycles. The van der Waals surface area contributed by atoms with Gasteiger partial charge in [-0.3, -0.25) is 10.1 Å². The Kier molecular flexibility index (Phi) is 5.80. The van der Waals surface area contributed by atoms with Crippen LogP contribution < -0.4 is 10.6 Å². The Morgan fingerprint density at radius 2 is 2.11 bits per heavy atom. The maximum absolute atomic E-state index is 11.3. The fourth-order valence-corrected chi connectivity index (χ4v) is 1.98. The lowest BCUT2D eigenvalue weighted by molar-refractivity contribution is -0.384. The van der Waals surface area contributed by atoms with E-state index in [-0.39, 0.29) is 11.7 Å². The number of nitro groups is 1. The average Bonchev–Trinajstić information content (AvgIpc) is 2.35. The molecule has 0 radical (unpaired) electrons. The summed E-state index contributed by atoms with van der Waals surface area (Å²) in [6, 6.07) is 4.46. The van der Waals surface area contributed by atoms with Gasteiger partial charge < -0.3 is 15.5 Å². The molecule has 1 aromatic rings. The second-order valence-corrected chi connectivity index (χ2v) is 5.14. The quantitative estimate of drug-likeness (QED) is 0.355. The van der Waals surface area contributed by atoms with E-state index >= 15 is 0 Å². The molecule has 0 fully saturated rings. The van der Waals surface area contributed by atoms with Crippen molar-refractivity contribution < 1.29 is 9.72 Å². The van der Waals surface area contributed by atoms with Crippen LogP contribution in [-0.2, 0) is 0 Å². The number of nitro benzene ring substituents is 1. The van der Waals surface area contributed by atoms with Crippen molar-refractivity contribution in [3.63, 3.8) is 0 Å². The molecule has 19 heavy (non-hydrogen) atoms. The third kappa shape index (κ3) is 4.89. The zero-order chi connectivity index (χ0) is 14.4. The molecule has 2 N–H and O–H groups in total. The summed E-state index contributed by atoms with van der Waals surface area (Å²) in [4.78, 5) is 22.9. The van der Waals surface area contributed by atoms with Gasteiger partial charge in [0.15, 0.2) is 0 Å². The number of rotatable bonds is 5. The average molecular weight is 378 g/mol. The summed E-state index contributed by atoms with van der Waals surface area (Å²) in [5.41, 5.74) is 0.876. The first-order valence-electron chi connectivity index (χ1n) is 5.55. The van der Waals surface area contributed by atoms with E-state index in [0.29, 0.717) is 13.1 Å². The largest absolute Gasteiger partial charge is 0.382 e. The van der Waals surface area contributed by atoms with Crippen LogP contribution in [0.1, 0.15) is 0 Å². The Balaban J connectivity index is 2.46. The predicted octanol–water partition coefficient (Wildman–Crippen LogP) is 1.88. The van der Waals surface area contributed by atoms with Crippen molar-refractivity contribution >= 4 is 40.0 Å². The highest BCUT2D eigenvalue weighted by Gasteiger charge is 2.08. The third-order valence-electron chi connectivity index (χ3n) is 2.29. The van der Waals surface area contributed by atoms with Gasteiger partial charge in [0.2, 0.25) is 0 Å². The number of amides is 2. The van der Waals surface area contributed by atoms with Crippen molar-refractivity contribution in [1.29, 1.82) is 0 Å². The Bertz CT molecular complexity index is 479. The number of nitrogens with one attached hydrogen (secondary N) is 2. The highest BCUT2D eigenvalue weighted by atomic mass is 127. The minimum atomic E-state index is -0.427. The first-order valence-corrected chi connectivity index (χ1v) is 6.62. The van der Waals surface area contributed by atoms with Crippen LogP contribution in [0.4, 0.5) is 16.2 Å². The Morgan fingerprint density at radius 3 is 2.63 bits per heavy atom. The summed E-state index contributed by atoms with van der Waals surface area (Å²) in [6.07, 6.45) is 0. The van der Waals surface area contributed by atoms with Crippen LogP contribution in [0.15, 0.2) is 18.2 Å². The van der Waals surface area contributed by atoms with E-state index in [4.69, 9.17) is 0 Å². The summed E-state index contributed by atoms with van der Waals surface area (Å²) in [5.74, 6) is 0. The lowest BCUT2D eigenvalue weighted by Gasteiger charge is -2.13. The molecule has 0 bridgehead atoms. The zero-order valence-corrected chi connectivity index (χ0v) is 12.8. The maximum atomic E-state index is 11.3. The van der Waals surface area contributed by atoms with Crippen molar-refractivity contribution in [2.45, 2.75) is 0 Å². The fourth-order valence-electron chi connectivity index (χ4n) is 1.29. The SMILES string of the molecule is CN(C)C(=O)NCCNc1ccc([N+](=O)[O-])cc1I. The number of urea groups is 1. The lowest BCUT2D eigenvalue weighted by Crippen LogP contribution is -2.37. The van der Waals surface area contributed by atoms with E-state index in [1.54, 1.807) is 20.2 Å². The molecule has 0 aliphatic rings. The number of nitrogens with zero attached hydrogens (tertiary/aromatic N) is 2. The normalized spacial score (nSPS) is 9.84. The number of non-ortho nitro benzene ring substituents is 1. The Labute approximate surface area is 124 Å². The molecule has 2 amide bonds.